The molecule has 0 saturated carbocycles. The Balaban J connectivity index is 1.47. The average molecular weight is 600 g/mol. The van der Waals surface area contributed by atoms with Crippen LogP contribution in [0, 0.1) is 11.6 Å². The van der Waals surface area contributed by atoms with Crippen molar-refractivity contribution in [1.82, 2.24) is 9.88 Å². The number of carbonyl (C=O) groups excluding carboxylic acids is 1. The maximum Gasteiger partial charge on any atom is 0.264 e. The highest BCUT2D eigenvalue weighted by atomic mass is 35.5. The Hall–Kier alpha value is -4.02. The molecule has 0 unspecified atom stereocenters. The Morgan fingerprint density at radius 1 is 0.976 bits per heavy atom. The van der Waals surface area contributed by atoms with Crippen LogP contribution in [-0.4, -0.2) is 51.0 Å². The number of ether oxygens (including phenoxy) is 1. The average Bonchev–Trinajstić information content (AvgIpc) is 2.97. The van der Waals surface area contributed by atoms with Crippen molar-refractivity contribution < 1.29 is 26.7 Å². The monoisotopic (exact) mass is 599 g/mol. The van der Waals surface area contributed by atoms with Gasteiger partial charge in [-0.05, 0) is 73.0 Å². The number of carbonyl (C=O) groups is 1. The number of sulfonamides is 1. The van der Waals surface area contributed by atoms with Crippen LogP contribution in [0.1, 0.15) is 22.3 Å². The second-order valence-corrected chi connectivity index (χ2v) is 11.5. The number of halogens is 3. The van der Waals surface area contributed by atoms with Gasteiger partial charge in [-0.2, -0.15) is 0 Å². The predicted octanol–water partition coefficient (Wildman–Crippen LogP) is 5.99. The van der Waals surface area contributed by atoms with Gasteiger partial charge in [0.1, 0.15) is 17.4 Å². The van der Waals surface area contributed by atoms with Crippen molar-refractivity contribution in [3.63, 3.8) is 0 Å². The molecule has 0 atom stereocenters. The van der Waals surface area contributed by atoms with Gasteiger partial charge in [-0.1, -0.05) is 29.8 Å². The van der Waals surface area contributed by atoms with E-state index in [4.69, 9.17) is 16.3 Å². The summed E-state index contributed by atoms with van der Waals surface area (Å²) in [6.45, 7) is 0.558. The van der Waals surface area contributed by atoms with Crippen molar-refractivity contribution in [2.75, 3.05) is 31.0 Å². The minimum absolute atomic E-state index is 0.111. The predicted molar refractivity (Wildman–Crippen MR) is 154 cm³/mol. The zero-order valence-corrected chi connectivity index (χ0v) is 23.8. The third-order valence-electron chi connectivity index (χ3n) is 6.29. The fraction of sp³-hybridized carbons (Fsp3) is 0.200. The Labute approximate surface area is 243 Å². The number of amides is 1. The first kappa shape index (κ1) is 30.0. The van der Waals surface area contributed by atoms with Crippen LogP contribution in [0.2, 0.25) is 5.02 Å². The van der Waals surface area contributed by atoms with Crippen LogP contribution in [0.25, 0.3) is 0 Å². The van der Waals surface area contributed by atoms with Gasteiger partial charge in [0, 0.05) is 43.6 Å². The molecule has 1 amide bonds. The molecule has 4 rings (SSSR count). The van der Waals surface area contributed by atoms with Crippen LogP contribution in [0.4, 0.5) is 14.5 Å². The lowest BCUT2D eigenvalue weighted by atomic mass is 10.1. The van der Waals surface area contributed by atoms with Gasteiger partial charge in [-0.15, -0.1) is 0 Å². The first-order chi connectivity index (χ1) is 19.7. The highest BCUT2D eigenvalue weighted by Crippen LogP contribution is 2.29. The summed E-state index contributed by atoms with van der Waals surface area (Å²) in [5.74, 6) is -1.27. The first-order valence-electron chi connectivity index (χ1n) is 12.8. The molecule has 11 heteroatoms. The number of rotatable bonds is 12. The molecule has 1 aromatic heterocycles. The molecule has 0 bridgehead atoms. The molecule has 4 aromatic rings. The minimum atomic E-state index is -4.27. The molecular weight excluding hydrogens is 572 g/mol. The van der Waals surface area contributed by atoms with Gasteiger partial charge in [0.05, 0.1) is 22.8 Å². The van der Waals surface area contributed by atoms with E-state index in [9.17, 15) is 22.0 Å². The number of anilines is 1. The normalized spacial score (nSPS) is 11.2. The van der Waals surface area contributed by atoms with Gasteiger partial charge in [-0.3, -0.25) is 14.1 Å². The van der Waals surface area contributed by atoms with Crippen molar-refractivity contribution in [3.05, 3.63) is 119 Å². The smallest absolute Gasteiger partial charge is 0.264 e. The molecule has 0 saturated heterocycles. The zero-order valence-electron chi connectivity index (χ0n) is 22.2. The molecule has 0 aliphatic heterocycles. The van der Waals surface area contributed by atoms with E-state index in [1.54, 1.807) is 54.5 Å². The maximum absolute atomic E-state index is 14.8. The molecule has 0 aliphatic carbocycles. The first-order valence-corrected chi connectivity index (χ1v) is 14.6. The van der Waals surface area contributed by atoms with Crippen molar-refractivity contribution in [2.45, 2.75) is 17.7 Å². The minimum Gasteiger partial charge on any atom is -0.493 e. The van der Waals surface area contributed by atoms with Gasteiger partial charge in [0.15, 0.2) is 0 Å². The number of para-hydroxylation sites is 1. The van der Waals surface area contributed by atoms with E-state index >= 15 is 0 Å². The number of hydrogen-bond donors (Lipinski definition) is 0. The van der Waals surface area contributed by atoms with Crippen molar-refractivity contribution in [2.24, 2.45) is 0 Å². The summed E-state index contributed by atoms with van der Waals surface area (Å²) in [6, 6.07) is 18.6. The van der Waals surface area contributed by atoms with Gasteiger partial charge >= 0.3 is 0 Å². The molecule has 0 aliphatic rings. The summed E-state index contributed by atoms with van der Waals surface area (Å²) in [5, 5.41) is 0.339. The van der Waals surface area contributed by atoms with Crippen molar-refractivity contribution >= 4 is 33.2 Å². The topological polar surface area (TPSA) is 79.8 Å². The number of pyridine rings is 1. The van der Waals surface area contributed by atoms with E-state index in [2.05, 4.69) is 4.98 Å². The second-order valence-electron chi connectivity index (χ2n) is 9.15. The van der Waals surface area contributed by atoms with Gasteiger partial charge in [0.2, 0.25) is 0 Å². The second kappa shape index (κ2) is 13.6. The lowest BCUT2D eigenvalue weighted by Gasteiger charge is -2.25. The summed E-state index contributed by atoms with van der Waals surface area (Å²) in [5.41, 5.74) is 0.772. The standard InChI is InChI=1S/C30H28ClF2N3O4S/c1-35(30(37)23-7-4-16-34-21-23)17-5-19-40-29-8-3-2-6-22(29)15-18-36(28-20-25(32)11-14-27(28)33)41(38,39)26-12-9-24(31)10-13-26/h2-4,6-14,16,20-21H,5,15,17-19H2,1H3. The van der Waals surface area contributed by atoms with E-state index < -0.39 is 27.3 Å². The Morgan fingerprint density at radius 3 is 2.46 bits per heavy atom. The third-order valence-corrected chi connectivity index (χ3v) is 8.37. The van der Waals surface area contributed by atoms with E-state index in [0.717, 1.165) is 22.5 Å². The van der Waals surface area contributed by atoms with Crippen molar-refractivity contribution in [3.8, 4) is 5.75 Å². The summed E-state index contributed by atoms with van der Waals surface area (Å²) in [7, 11) is -2.57. The third kappa shape index (κ3) is 7.59. The fourth-order valence-electron chi connectivity index (χ4n) is 4.15. The van der Waals surface area contributed by atoms with Gasteiger partial charge < -0.3 is 9.64 Å². The SMILES string of the molecule is CN(CCCOc1ccccc1CCN(c1cc(F)ccc1F)S(=O)(=O)c1ccc(Cl)cc1)C(=O)c1cccnc1. The highest BCUT2D eigenvalue weighted by molar-refractivity contribution is 7.92. The van der Waals surface area contributed by atoms with Crippen LogP contribution in [0.15, 0.2) is 96.2 Å². The number of benzene rings is 3. The summed E-state index contributed by atoms with van der Waals surface area (Å²) in [6.07, 6.45) is 3.81. The van der Waals surface area contributed by atoms with Gasteiger partial charge in [-0.25, -0.2) is 17.2 Å². The molecule has 0 N–H and O–H groups in total. The fourth-order valence-corrected chi connectivity index (χ4v) is 5.74. The molecule has 0 radical (unpaired) electrons. The lowest BCUT2D eigenvalue weighted by molar-refractivity contribution is 0.0787. The summed E-state index contributed by atoms with van der Waals surface area (Å²) < 4.78 is 62.9. The van der Waals surface area contributed by atoms with Crippen LogP contribution < -0.4 is 9.04 Å². The highest BCUT2D eigenvalue weighted by Gasteiger charge is 2.28. The van der Waals surface area contributed by atoms with Crippen LogP contribution in [0.3, 0.4) is 0 Å². The number of aromatic nitrogens is 1. The molecule has 0 spiro atoms. The van der Waals surface area contributed by atoms with E-state index in [0.29, 0.717) is 41.5 Å². The van der Waals surface area contributed by atoms with E-state index in [1.807, 2.05) is 0 Å². The summed E-state index contributed by atoms with van der Waals surface area (Å²) in [4.78, 5) is 18.0. The van der Waals surface area contributed by atoms with Crippen LogP contribution >= 0.6 is 11.6 Å². The maximum atomic E-state index is 14.8. The molecule has 1 heterocycles. The van der Waals surface area contributed by atoms with E-state index in [-0.39, 0.29) is 23.8 Å². The van der Waals surface area contributed by atoms with Crippen molar-refractivity contribution in [1.29, 1.82) is 0 Å². The Bertz CT molecular complexity index is 1590. The number of hydrogen-bond acceptors (Lipinski definition) is 5. The summed E-state index contributed by atoms with van der Waals surface area (Å²) >= 11 is 5.92. The molecule has 0 fully saturated rings. The van der Waals surface area contributed by atoms with Crippen LogP contribution in [-0.2, 0) is 16.4 Å². The van der Waals surface area contributed by atoms with Crippen LogP contribution in [0.5, 0.6) is 5.75 Å². The molecule has 214 valence electrons. The lowest BCUT2D eigenvalue weighted by Crippen LogP contribution is -2.34. The Kier molecular flexibility index (Phi) is 9.91. The number of nitrogens with zero attached hydrogens (tertiary/aromatic N) is 3. The quantitative estimate of drug-likeness (QED) is 0.187. The molecular formula is C30H28ClF2N3O4S. The van der Waals surface area contributed by atoms with E-state index in [1.165, 1.54) is 30.5 Å². The molecule has 3 aromatic carbocycles. The molecule has 41 heavy (non-hydrogen) atoms. The van der Waals surface area contributed by atoms with Gasteiger partial charge in [0.25, 0.3) is 15.9 Å². The Morgan fingerprint density at radius 2 is 1.73 bits per heavy atom. The molecule has 7 nitrogen and oxygen atoms in total. The largest absolute Gasteiger partial charge is 0.493 e. The zero-order chi connectivity index (χ0) is 29.4.